The van der Waals surface area contributed by atoms with Crippen molar-refractivity contribution in [2.45, 2.75) is 79.2 Å². The van der Waals surface area contributed by atoms with Gasteiger partial charge in [0.25, 0.3) is 0 Å². The van der Waals surface area contributed by atoms with Crippen LogP contribution in [0.15, 0.2) is 0 Å². The molecule has 2 N–H and O–H groups in total. The minimum Gasteiger partial charge on any atom is -0.544 e. The molecule has 44 heavy (non-hydrogen) atoms. The van der Waals surface area contributed by atoms with Crippen molar-refractivity contribution in [3.63, 3.8) is 0 Å². The van der Waals surface area contributed by atoms with E-state index in [9.17, 15) is 34.5 Å². The van der Waals surface area contributed by atoms with Gasteiger partial charge in [0.1, 0.15) is 19.7 Å². The third-order valence-electron chi connectivity index (χ3n) is 8.64. The number of carbonyl (C=O) groups excluding carboxylic acids is 4. The van der Waals surface area contributed by atoms with Gasteiger partial charge in [-0.05, 0) is 72.3 Å². The molecule has 0 heterocycles. The number of carboxylic acid groups (broad SMARTS) is 1. The van der Waals surface area contributed by atoms with Crippen molar-refractivity contribution < 1.29 is 57.6 Å². The molecule has 2 atom stereocenters. The lowest BCUT2D eigenvalue weighted by Crippen LogP contribution is -2.50. The summed E-state index contributed by atoms with van der Waals surface area (Å²) < 4.78 is 21.8. The summed E-state index contributed by atoms with van der Waals surface area (Å²) in [4.78, 5) is 50.2. The Hall–Kier alpha value is -2.50. The molecule has 0 aromatic rings. The maximum atomic E-state index is 13.2. The summed E-state index contributed by atoms with van der Waals surface area (Å²) in [5.74, 6) is -0.319. The number of quaternary nitrogens is 1. The van der Waals surface area contributed by atoms with E-state index in [2.05, 4.69) is 5.92 Å². The maximum Gasteiger partial charge on any atom is 0.312 e. The molecule has 0 saturated heterocycles. The highest BCUT2D eigenvalue weighted by Gasteiger charge is 2.42. The van der Waals surface area contributed by atoms with Gasteiger partial charge in [-0.15, -0.1) is 6.42 Å². The number of aliphatic hydroxyl groups excluding tert-OH is 2. The third-order valence-corrected chi connectivity index (χ3v) is 11.9. The predicted molar refractivity (Wildman–Crippen MR) is 164 cm³/mol. The molecule has 0 spiro atoms. The average molecular weight is 646 g/mol. The highest BCUT2D eigenvalue weighted by Crippen LogP contribution is 2.41. The Morgan fingerprint density at radius 2 is 1.39 bits per heavy atom. The molecule has 0 amide bonds. The van der Waals surface area contributed by atoms with E-state index in [-0.39, 0.29) is 62.6 Å². The zero-order valence-electron chi connectivity index (χ0n) is 28.0. The fraction of sp³-hybridized carbons (Fsp3) is 0.806. The minimum atomic E-state index is -2.66. The predicted octanol–water partition coefficient (Wildman–Crippen LogP) is 1.13. The molecular formula is C31H55NO11Si. The Bertz CT molecular complexity index is 981. The van der Waals surface area contributed by atoms with Gasteiger partial charge in [0, 0.05) is 7.11 Å². The van der Waals surface area contributed by atoms with Gasteiger partial charge >= 0.3 is 17.9 Å². The number of esters is 3. The number of carbonyl (C=O) groups is 4. The third kappa shape index (κ3) is 13.6. The lowest BCUT2D eigenvalue weighted by atomic mass is 9.71. The fourth-order valence-electron chi connectivity index (χ4n) is 4.46. The number of ether oxygens (including phenoxy) is 3. The van der Waals surface area contributed by atoms with E-state index in [1.165, 1.54) is 7.11 Å². The van der Waals surface area contributed by atoms with Crippen LogP contribution in [0.25, 0.3) is 0 Å². The fourth-order valence-corrected chi connectivity index (χ4v) is 6.13. The zero-order chi connectivity index (χ0) is 34.2. The number of carboxylic acids is 1. The zero-order valence-corrected chi connectivity index (χ0v) is 29.0. The molecule has 254 valence electrons. The summed E-state index contributed by atoms with van der Waals surface area (Å²) in [5, 5.41) is 30.1. The Labute approximate surface area is 264 Å². The second-order valence-electron chi connectivity index (χ2n) is 13.4. The second-order valence-corrected chi connectivity index (χ2v) is 17.3. The molecule has 0 rings (SSSR count). The quantitative estimate of drug-likeness (QED) is 0.0408. The number of likely N-dealkylation sites (N-methyl/N-ethyl adjacent to an activating group) is 1. The van der Waals surface area contributed by atoms with E-state index in [0.29, 0.717) is 31.9 Å². The number of rotatable bonds is 23. The number of hydrogen-bond donors (Lipinski definition) is 2. The second kappa shape index (κ2) is 18.5. The smallest absolute Gasteiger partial charge is 0.312 e. The highest BCUT2D eigenvalue weighted by atomic mass is 28.4. The van der Waals surface area contributed by atoms with Crippen molar-refractivity contribution in [2.24, 2.45) is 16.2 Å². The number of hydrogen-bond acceptors (Lipinski definition) is 11. The van der Waals surface area contributed by atoms with Crippen LogP contribution in [0.1, 0.15) is 73.1 Å². The van der Waals surface area contributed by atoms with Crippen LogP contribution in [0, 0.1) is 28.6 Å². The van der Waals surface area contributed by atoms with E-state index in [1.54, 1.807) is 41.8 Å². The summed E-state index contributed by atoms with van der Waals surface area (Å²) in [6.07, 6.45) is 6.82. The number of aliphatic carboxylic acids is 1. The first-order chi connectivity index (χ1) is 20.3. The van der Waals surface area contributed by atoms with Gasteiger partial charge in [-0.25, -0.2) is 0 Å². The topological polar surface area (TPSA) is 169 Å². The van der Waals surface area contributed by atoms with Gasteiger partial charge < -0.3 is 43.2 Å². The largest absolute Gasteiger partial charge is 0.544 e. The number of terminal acetylenes is 1. The molecular weight excluding hydrogens is 590 g/mol. The van der Waals surface area contributed by atoms with E-state index in [0.717, 1.165) is 0 Å². The average Bonchev–Trinajstić information content (AvgIpc) is 2.97. The molecule has 13 heteroatoms. The van der Waals surface area contributed by atoms with E-state index >= 15 is 0 Å². The van der Waals surface area contributed by atoms with E-state index in [1.807, 2.05) is 6.92 Å². The highest BCUT2D eigenvalue weighted by molar-refractivity contribution is 6.73. The summed E-state index contributed by atoms with van der Waals surface area (Å²) in [6.45, 7) is 8.80. The Morgan fingerprint density at radius 1 is 0.864 bits per heavy atom. The van der Waals surface area contributed by atoms with Gasteiger partial charge in [-0.3, -0.25) is 14.4 Å². The van der Waals surface area contributed by atoms with Crippen molar-refractivity contribution in [3.05, 3.63) is 0 Å². The molecule has 0 radical (unpaired) electrons. The van der Waals surface area contributed by atoms with E-state index in [4.69, 9.17) is 25.1 Å². The van der Waals surface area contributed by atoms with Crippen LogP contribution in [-0.2, 0) is 37.8 Å². The first kappa shape index (κ1) is 41.5. The summed E-state index contributed by atoms with van der Waals surface area (Å²) in [7, 11) is 2.20. The van der Waals surface area contributed by atoms with Crippen LogP contribution >= 0.6 is 0 Å². The van der Waals surface area contributed by atoms with Crippen molar-refractivity contribution in [3.8, 4) is 12.3 Å². The SMILES string of the molecule is C#CCOC(=O)C(C)(CCC(C)(C)C(=O)OCCC[Si](CO)(CO)OC)CCC(C)(CC)C(=O)OCC[N+](C)(C)CC(=O)[O-]. The minimum absolute atomic E-state index is 0.0289. The molecule has 0 aliphatic rings. The van der Waals surface area contributed by atoms with Gasteiger partial charge in [-0.2, -0.15) is 0 Å². The monoisotopic (exact) mass is 645 g/mol. The van der Waals surface area contributed by atoms with Crippen LogP contribution in [0.2, 0.25) is 6.04 Å². The first-order valence-corrected chi connectivity index (χ1v) is 17.6. The number of aliphatic hydroxyl groups is 2. The molecule has 0 fully saturated rings. The van der Waals surface area contributed by atoms with Crippen molar-refractivity contribution in [1.29, 1.82) is 0 Å². The lowest BCUT2D eigenvalue weighted by molar-refractivity contribution is -0.884. The van der Waals surface area contributed by atoms with Crippen molar-refractivity contribution >= 4 is 32.2 Å². The van der Waals surface area contributed by atoms with Crippen LogP contribution < -0.4 is 5.11 Å². The Kier molecular flexibility index (Phi) is 17.4. The molecule has 2 unspecified atom stereocenters. The summed E-state index contributed by atoms with van der Waals surface area (Å²) >= 11 is 0. The molecule has 0 aliphatic heterocycles. The Balaban J connectivity index is 5.45. The molecule has 0 aromatic carbocycles. The van der Waals surface area contributed by atoms with Gasteiger partial charge in [0.15, 0.2) is 6.61 Å². The van der Waals surface area contributed by atoms with Crippen LogP contribution in [0.4, 0.5) is 0 Å². The van der Waals surface area contributed by atoms with Gasteiger partial charge in [0.05, 0.1) is 55.4 Å². The first-order valence-electron chi connectivity index (χ1n) is 15.1. The molecule has 0 saturated carbocycles. The van der Waals surface area contributed by atoms with Gasteiger partial charge in [0.2, 0.25) is 8.32 Å². The van der Waals surface area contributed by atoms with Crippen LogP contribution in [-0.4, -0.2) is 113 Å². The molecule has 0 bridgehead atoms. The summed E-state index contributed by atoms with van der Waals surface area (Å²) in [6, 6.07) is 0.429. The van der Waals surface area contributed by atoms with E-state index < -0.39 is 48.4 Å². The van der Waals surface area contributed by atoms with Crippen LogP contribution in [0.5, 0.6) is 0 Å². The normalized spacial score (nSPS) is 14.9. The summed E-state index contributed by atoms with van der Waals surface area (Å²) in [5.41, 5.74) is -2.93. The number of nitrogens with zero attached hydrogens (tertiary/aromatic N) is 1. The molecule has 0 aromatic heterocycles. The molecule has 12 nitrogen and oxygen atoms in total. The standard InChI is InChI=1S/C31H55NO11Si/c1-10-18-41-28(39)31(6,14-13-29(3,4)26(37)42-19-12-21-44(23-33,24-34)40-9)16-15-30(5,11-2)27(38)43-20-17-32(7,8)22-25(35)36/h1,33-34H,11-24H2,2-9H3. The maximum absolute atomic E-state index is 13.2. The van der Waals surface area contributed by atoms with Crippen molar-refractivity contribution in [2.75, 3.05) is 66.6 Å². The van der Waals surface area contributed by atoms with Crippen molar-refractivity contribution in [1.82, 2.24) is 0 Å². The Morgan fingerprint density at radius 3 is 1.89 bits per heavy atom. The lowest BCUT2D eigenvalue weighted by Gasteiger charge is -2.35. The van der Waals surface area contributed by atoms with Crippen LogP contribution in [0.3, 0.4) is 0 Å². The molecule has 0 aliphatic carbocycles. The van der Waals surface area contributed by atoms with Gasteiger partial charge in [-0.1, -0.05) is 12.8 Å².